The summed E-state index contributed by atoms with van der Waals surface area (Å²) in [5.41, 5.74) is 0.875. The second-order valence-electron chi connectivity index (χ2n) is 7.45. The molecule has 1 unspecified atom stereocenters. The molecule has 1 atom stereocenters. The number of rotatable bonds is 8. The van der Waals surface area contributed by atoms with Crippen molar-refractivity contribution >= 4 is 35.2 Å². The SMILES string of the molecule is CC(c1nnc(SCC(=O)NCC(=O)N2CCCC2)n1-c1ccc(Cl)cc1)N(C)C. The molecule has 1 aromatic heterocycles. The Morgan fingerprint density at radius 1 is 1.20 bits per heavy atom. The second kappa shape index (κ2) is 10.3. The first-order valence-corrected chi connectivity index (χ1v) is 11.3. The summed E-state index contributed by atoms with van der Waals surface area (Å²) in [6, 6.07) is 7.44. The molecule has 8 nitrogen and oxygen atoms in total. The van der Waals surface area contributed by atoms with Gasteiger partial charge in [0.25, 0.3) is 0 Å². The normalized spacial score (nSPS) is 14.9. The number of benzene rings is 1. The van der Waals surface area contributed by atoms with Gasteiger partial charge in [-0.2, -0.15) is 0 Å². The maximum absolute atomic E-state index is 12.3. The molecule has 1 aliphatic heterocycles. The summed E-state index contributed by atoms with van der Waals surface area (Å²) >= 11 is 7.33. The molecule has 30 heavy (non-hydrogen) atoms. The second-order valence-corrected chi connectivity index (χ2v) is 8.82. The molecule has 2 amide bonds. The molecule has 0 radical (unpaired) electrons. The molecule has 1 fully saturated rings. The molecular weight excluding hydrogens is 424 g/mol. The van der Waals surface area contributed by atoms with E-state index >= 15 is 0 Å². The zero-order chi connectivity index (χ0) is 21.7. The van der Waals surface area contributed by atoms with Gasteiger partial charge in [-0.3, -0.25) is 19.1 Å². The minimum atomic E-state index is -0.208. The summed E-state index contributed by atoms with van der Waals surface area (Å²) in [7, 11) is 3.95. The third-order valence-corrected chi connectivity index (χ3v) is 6.30. The van der Waals surface area contributed by atoms with Gasteiger partial charge in [0.05, 0.1) is 18.3 Å². The number of likely N-dealkylation sites (tertiary alicyclic amines) is 1. The molecule has 1 aliphatic rings. The van der Waals surface area contributed by atoms with Crippen LogP contribution in [0.5, 0.6) is 0 Å². The molecule has 1 N–H and O–H groups in total. The Kier molecular flexibility index (Phi) is 7.74. The van der Waals surface area contributed by atoms with E-state index in [9.17, 15) is 9.59 Å². The van der Waals surface area contributed by atoms with Crippen LogP contribution in [0.3, 0.4) is 0 Å². The molecule has 3 rings (SSSR count). The van der Waals surface area contributed by atoms with Crippen LogP contribution in [-0.2, 0) is 9.59 Å². The van der Waals surface area contributed by atoms with Gasteiger partial charge in [0, 0.05) is 23.8 Å². The maximum Gasteiger partial charge on any atom is 0.241 e. The fourth-order valence-corrected chi connectivity index (χ4v) is 4.06. The highest BCUT2D eigenvalue weighted by molar-refractivity contribution is 7.99. The standard InChI is InChI=1S/C20H27ClN6O2S/c1-14(25(2)3)19-23-24-20(27(19)16-8-6-15(21)7-9-16)30-13-17(28)22-12-18(29)26-10-4-5-11-26/h6-9,14H,4-5,10-13H2,1-3H3,(H,22,28). The lowest BCUT2D eigenvalue weighted by Gasteiger charge is -2.20. The number of carbonyl (C=O) groups is 2. The van der Waals surface area contributed by atoms with Gasteiger partial charge in [0.1, 0.15) is 0 Å². The topological polar surface area (TPSA) is 83.4 Å². The Labute approximate surface area is 186 Å². The van der Waals surface area contributed by atoms with Gasteiger partial charge in [-0.15, -0.1) is 10.2 Å². The quantitative estimate of drug-likeness (QED) is 0.621. The van der Waals surface area contributed by atoms with Crippen molar-refractivity contribution in [3.63, 3.8) is 0 Å². The molecule has 0 spiro atoms. The van der Waals surface area contributed by atoms with Crippen molar-refractivity contribution in [1.29, 1.82) is 0 Å². The van der Waals surface area contributed by atoms with Crippen LogP contribution >= 0.6 is 23.4 Å². The number of nitrogens with zero attached hydrogens (tertiary/aromatic N) is 5. The van der Waals surface area contributed by atoms with E-state index in [1.54, 1.807) is 4.90 Å². The van der Waals surface area contributed by atoms with Gasteiger partial charge >= 0.3 is 0 Å². The number of hydrogen-bond donors (Lipinski definition) is 1. The van der Waals surface area contributed by atoms with Crippen LogP contribution in [0.4, 0.5) is 0 Å². The number of carbonyl (C=O) groups excluding carboxylic acids is 2. The summed E-state index contributed by atoms with van der Waals surface area (Å²) in [6.07, 6.45) is 2.06. The lowest BCUT2D eigenvalue weighted by molar-refractivity contribution is -0.131. The van der Waals surface area contributed by atoms with Gasteiger partial charge in [0.15, 0.2) is 11.0 Å². The monoisotopic (exact) mass is 450 g/mol. The number of nitrogens with one attached hydrogen (secondary N) is 1. The fraction of sp³-hybridized carbons (Fsp3) is 0.500. The molecule has 1 saturated heterocycles. The molecule has 2 aromatic rings. The van der Waals surface area contributed by atoms with E-state index < -0.39 is 0 Å². The number of aromatic nitrogens is 3. The molecule has 162 valence electrons. The summed E-state index contributed by atoms with van der Waals surface area (Å²) in [5.74, 6) is 0.683. The minimum absolute atomic E-state index is 0.0226. The third kappa shape index (κ3) is 5.53. The van der Waals surface area contributed by atoms with Crippen LogP contribution in [0.15, 0.2) is 29.4 Å². The average Bonchev–Trinajstić information content (AvgIpc) is 3.40. The van der Waals surface area contributed by atoms with Gasteiger partial charge in [0.2, 0.25) is 11.8 Å². The Morgan fingerprint density at radius 2 is 1.87 bits per heavy atom. The summed E-state index contributed by atoms with van der Waals surface area (Å²) in [5, 5.41) is 12.6. The first kappa shape index (κ1) is 22.6. The fourth-order valence-electron chi connectivity index (χ4n) is 3.14. The highest BCUT2D eigenvalue weighted by atomic mass is 35.5. The van der Waals surface area contributed by atoms with Gasteiger partial charge < -0.3 is 10.2 Å². The zero-order valence-electron chi connectivity index (χ0n) is 17.5. The number of halogens is 1. The van der Waals surface area contributed by atoms with Crippen LogP contribution in [0.1, 0.15) is 31.6 Å². The van der Waals surface area contributed by atoms with Crippen LogP contribution in [0.25, 0.3) is 5.69 Å². The van der Waals surface area contributed by atoms with Crippen molar-refractivity contribution in [3.8, 4) is 5.69 Å². The Balaban J connectivity index is 1.68. The Morgan fingerprint density at radius 3 is 2.50 bits per heavy atom. The van der Waals surface area contributed by atoms with Gasteiger partial charge in [-0.25, -0.2) is 0 Å². The predicted molar refractivity (Wildman–Crippen MR) is 118 cm³/mol. The number of amides is 2. The summed E-state index contributed by atoms with van der Waals surface area (Å²) < 4.78 is 1.94. The molecule has 0 aliphatic carbocycles. The smallest absolute Gasteiger partial charge is 0.241 e. The van der Waals surface area contributed by atoms with E-state index in [1.807, 2.05) is 54.8 Å². The lowest BCUT2D eigenvalue weighted by atomic mass is 10.2. The average molecular weight is 451 g/mol. The van der Waals surface area contributed by atoms with Gasteiger partial charge in [-0.05, 0) is 58.1 Å². The van der Waals surface area contributed by atoms with Crippen molar-refractivity contribution in [2.75, 3.05) is 39.5 Å². The summed E-state index contributed by atoms with van der Waals surface area (Å²) in [6.45, 7) is 3.63. The Bertz CT molecular complexity index is 880. The largest absolute Gasteiger partial charge is 0.346 e. The summed E-state index contributed by atoms with van der Waals surface area (Å²) in [4.78, 5) is 28.2. The molecule has 0 bridgehead atoms. The maximum atomic E-state index is 12.3. The van der Waals surface area contributed by atoms with E-state index in [2.05, 4.69) is 15.5 Å². The third-order valence-electron chi connectivity index (χ3n) is 5.12. The van der Waals surface area contributed by atoms with Gasteiger partial charge in [-0.1, -0.05) is 23.4 Å². The van der Waals surface area contributed by atoms with E-state index in [1.165, 1.54) is 11.8 Å². The van der Waals surface area contributed by atoms with Crippen LogP contribution in [0, 0.1) is 0 Å². The zero-order valence-corrected chi connectivity index (χ0v) is 19.0. The molecule has 1 aromatic carbocycles. The van der Waals surface area contributed by atoms with Crippen molar-refractivity contribution in [2.24, 2.45) is 0 Å². The van der Waals surface area contributed by atoms with E-state index in [0.717, 1.165) is 37.4 Å². The predicted octanol–water partition coefficient (Wildman–Crippen LogP) is 2.37. The molecular formula is C20H27ClN6O2S. The Hall–Kier alpha value is -2.10. The van der Waals surface area contributed by atoms with Crippen molar-refractivity contribution in [2.45, 2.75) is 31.0 Å². The van der Waals surface area contributed by atoms with E-state index in [4.69, 9.17) is 11.6 Å². The van der Waals surface area contributed by atoms with Crippen molar-refractivity contribution in [1.82, 2.24) is 29.9 Å². The lowest BCUT2D eigenvalue weighted by Crippen LogP contribution is -2.39. The number of hydrogen-bond acceptors (Lipinski definition) is 6. The van der Waals surface area contributed by atoms with E-state index in [-0.39, 0.29) is 30.2 Å². The van der Waals surface area contributed by atoms with E-state index in [0.29, 0.717) is 10.2 Å². The van der Waals surface area contributed by atoms with Crippen molar-refractivity contribution in [3.05, 3.63) is 35.1 Å². The van der Waals surface area contributed by atoms with Crippen LogP contribution < -0.4 is 5.32 Å². The first-order valence-electron chi connectivity index (χ1n) is 9.91. The highest BCUT2D eigenvalue weighted by Gasteiger charge is 2.22. The molecule has 2 heterocycles. The van der Waals surface area contributed by atoms with Crippen LogP contribution in [-0.4, -0.2) is 75.9 Å². The first-order chi connectivity index (χ1) is 14.4. The number of thioether (sulfide) groups is 1. The molecule has 10 heteroatoms. The van der Waals surface area contributed by atoms with Crippen molar-refractivity contribution < 1.29 is 9.59 Å². The highest BCUT2D eigenvalue weighted by Crippen LogP contribution is 2.27. The molecule has 0 saturated carbocycles. The van der Waals surface area contributed by atoms with Crippen LogP contribution in [0.2, 0.25) is 5.02 Å². The minimum Gasteiger partial charge on any atom is -0.346 e.